The highest BCUT2D eigenvalue weighted by molar-refractivity contribution is 6.03. The fraction of sp³-hybridized carbons (Fsp3) is 0.167. The van der Waals surface area contributed by atoms with Crippen LogP contribution in [0, 0.1) is 13.8 Å². The maximum absolute atomic E-state index is 12.4. The molecule has 3 rings (SSSR count). The van der Waals surface area contributed by atoms with E-state index in [-0.39, 0.29) is 5.91 Å². The number of amides is 1. The van der Waals surface area contributed by atoms with Crippen LogP contribution in [-0.2, 0) is 0 Å². The molecule has 0 saturated carbocycles. The third kappa shape index (κ3) is 3.95. The Balaban J connectivity index is 1.71. The lowest BCUT2D eigenvalue weighted by Gasteiger charge is -2.11. The van der Waals surface area contributed by atoms with Crippen LogP contribution in [0.1, 0.15) is 21.8 Å². The van der Waals surface area contributed by atoms with Gasteiger partial charge in [-0.3, -0.25) is 4.79 Å². The summed E-state index contributed by atoms with van der Waals surface area (Å²) in [4.78, 5) is 16.6. The molecule has 0 fully saturated rings. The van der Waals surface area contributed by atoms with Gasteiger partial charge >= 0.3 is 0 Å². The zero-order chi connectivity index (χ0) is 17.8. The predicted molar refractivity (Wildman–Crippen MR) is 94.4 cm³/mol. The predicted octanol–water partition coefficient (Wildman–Crippen LogP) is 3.69. The average Bonchev–Trinajstić information content (AvgIpc) is 3.00. The Morgan fingerprint density at radius 2 is 2.00 bits per heavy atom. The molecule has 2 heterocycles. The van der Waals surface area contributed by atoms with Crippen molar-refractivity contribution < 1.29 is 14.1 Å². The van der Waals surface area contributed by atoms with Crippen molar-refractivity contribution in [3.63, 3.8) is 0 Å². The van der Waals surface area contributed by atoms with Crippen molar-refractivity contribution in [1.29, 1.82) is 0 Å². The summed E-state index contributed by atoms with van der Waals surface area (Å²) in [6.45, 7) is 3.75. The van der Waals surface area contributed by atoms with E-state index in [0.29, 0.717) is 34.4 Å². The summed E-state index contributed by atoms with van der Waals surface area (Å²) in [7, 11) is 1.56. The zero-order valence-electron chi connectivity index (χ0n) is 14.2. The molecule has 0 saturated heterocycles. The van der Waals surface area contributed by atoms with Crippen LogP contribution < -0.4 is 15.4 Å². The minimum atomic E-state index is -0.312. The molecule has 2 aromatic heterocycles. The topological polar surface area (TPSA) is 89.3 Å². The van der Waals surface area contributed by atoms with Gasteiger partial charge in [-0.05, 0) is 43.7 Å². The van der Waals surface area contributed by atoms with E-state index in [2.05, 4.69) is 20.8 Å². The first-order valence-corrected chi connectivity index (χ1v) is 7.67. The highest BCUT2D eigenvalue weighted by Gasteiger charge is 2.11. The summed E-state index contributed by atoms with van der Waals surface area (Å²) in [5.41, 5.74) is 2.63. The fourth-order valence-electron chi connectivity index (χ4n) is 2.28. The Kier molecular flexibility index (Phi) is 4.65. The molecule has 0 radical (unpaired) electrons. The van der Waals surface area contributed by atoms with Gasteiger partial charge in [0.05, 0.1) is 24.7 Å². The van der Waals surface area contributed by atoms with Crippen LogP contribution >= 0.6 is 0 Å². The largest absolute Gasteiger partial charge is 0.495 e. The van der Waals surface area contributed by atoms with Gasteiger partial charge in [-0.15, -0.1) is 0 Å². The van der Waals surface area contributed by atoms with Crippen LogP contribution in [0.15, 0.2) is 47.1 Å². The number of anilines is 3. The highest BCUT2D eigenvalue weighted by atomic mass is 16.5. The van der Waals surface area contributed by atoms with Crippen molar-refractivity contribution in [3.8, 4) is 5.75 Å². The molecule has 128 valence electrons. The van der Waals surface area contributed by atoms with Crippen molar-refractivity contribution in [1.82, 2.24) is 10.1 Å². The Bertz CT molecular complexity index is 888. The van der Waals surface area contributed by atoms with Gasteiger partial charge in [0, 0.05) is 6.07 Å². The molecule has 7 heteroatoms. The lowest BCUT2D eigenvalue weighted by atomic mass is 10.2. The lowest BCUT2D eigenvalue weighted by Crippen LogP contribution is -2.14. The zero-order valence-corrected chi connectivity index (χ0v) is 14.2. The number of nitrogens with zero attached hydrogens (tertiary/aromatic N) is 2. The highest BCUT2D eigenvalue weighted by Crippen LogP contribution is 2.25. The molecular weight excluding hydrogens is 320 g/mol. The molecule has 0 aliphatic rings. The monoisotopic (exact) mass is 338 g/mol. The number of methoxy groups -OCH3 is 1. The van der Waals surface area contributed by atoms with Gasteiger partial charge in [0.1, 0.15) is 17.2 Å². The third-order valence-electron chi connectivity index (χ3n) is 3.50. The number of rotatable bonds is 5. The smallest absolute Gasteiger partial charge is 0.274 e. The number of ether oxygens (including phenoxy) is 1. The minimum absolute atomic E-state index is 0.297. The summed E-state index contributed by atoms with van der Waals surface area (Å²) in [5.74, 6) is 1.57. The number of pyridine rings is 1. The normalized spacial score (nSPS) is 10.4. The summed E-state index contributed by atoms with van der Waals surface area (Å²) < 4.78 is 10.3. The SMILES string of the molecule is COc1ccc(C)cc1NC(=O)c1ccc(Nc2cc(C)on2)cn1. The molecule has 0 aliphatic heterocycles. The summed E-state index contributed by atoms with van der Waals surface area (Å²) >= 11 is 0. The second kappa shape index (κ2) is 7.04. The lowest BCUT2D eigenvalue weighted by molar-refractivity contribution is 0.102. The van der Waals surface area contributed by atoms with E-state index in [1.165, 1.54) is 0 Å². The van der Waals surface area contributed by atoms with E-state index in [0.717, 1.165) is 5.56 Å². The molecule has 0 atom stereocenters. The molecule has 1 aromatic carbocycles. The Hall–Kier alpha value is -3.35. The number of hydrogen-bond acceptors (Lipinski definition) is 6. The maximum Gasteiger partial charge on any atom is 0.274 e. The first kappa shape index (κ1) is 16.5. The molecule has 3 aromatic rings. The van der Waals surface area contributed by atoms with Crippen LogP contribution in [0.2, 0.25) is 0 Å². The third-order valence-corrected chi connectivity index (χ3v) is 3.50. The molecule has 0 unspecified atom stereocenters. The Labute approximate surface area is 145 Å². The van der Waals surface area contributed by atoms with Gasteiger partial charge in [0.15, 0.2) is 5.82 Å². The van der Waals surface area contributed by atoms with Crippen molar-refractivity contribution >= 4 is 23.1 Å². The van der Waals surface area contributed by atoms with Crippen LogP contribution in [-0.4, -0.2) is 23.2 Å². The van der Waals surface area contributed by atoms with E-state index in [9.17, 15) is 4.79 Å². The maximum atomic E-state index is 12.4. The van der Waals surface area contributed by atoms with Gasteiger partial charge in [-0.2, -0.15) is 0 Å². The van der Waals surface area contributed by atoms with E-state index < -0.39 is 0 Å². The van der Waals surface area contributed by atoms with Gasteiger partial charge in [0.25, 0.3) is 5.91 Å². The first-order chi connectivity index (χ1) is 12.0. The molecule has 0 bridgehead atoms. The number of aryl methyl sites for hydroxylation is 2. The quantitative estimate of drug-likeness (QED) is 0.737. The summed E-state index contributed by atoms with van der Waals surface area (Å²) in [5, 5.41) is 9.71. The van der Waals surface area contributed by atoms with Gasteiger partial charge in [-0.1, -0.05) is 11.2 Å². The van der Waals surface area contributed by atoms with Gasteiger partial charge < -0.3 is 19.9 Å². The molecule has 2 N–H and O–H groups in total. The van der Waals surface area contributed by atoms with E-state index in [1.807, 2.05) is 32.0 Å². The van der Waals surface area contributed by atoms with Crippen molar-refractivity contribution in [2.75, 3.05) is 17.7 Å². The number of carbonyl (C=O) groups is 1. The summed E-state index contributed by atoms with van der Waals surface area (Å²) in [6.07, 6.45) is 1.56. The molecule has 7 nitrogen and oxygen atoms in total. The second-order valence-electron chi connectivity index (χ2n) is 5.54. The molecular formula is C18H18N4O3. The Morgan fingerprint density at radius 1 is 1.16 bits per heavy atom. The Morgan fingerprint density at radius 3 is 2.64 bits per heavy atom. The van der Waals surface area contributed by atoms with Crippen molar-refractivity contribution in [2.24, 2.45) is 0 Å². The van der Waals surface area contributed by atoms with Crippen LogP contribution in [0.4, 0.5) is 17.2 Å². The minimum Gasteiger partial charge on any atom is -0.495 e. The van der Waals surface area contributed by atoms with Gasteiger partial charge in [-0.25, -0.2) is 4.98 Å². The van der Waals surface area contributed by atoms with E-state index in [4.69, 9.17) is 9.26 Å². The second-order valence-corrected chi connectivity index (χ2v) is 5.54. The van der Waals surface area contributed by atoms with Crippen molar-refractivity contribution in [2.45, 2.75) is 13.8 Å². The van der Waals surface area contributed by atoms with Crippen LogP contribution in [0.5, 0.6) is 5.75 Å². The van der Waals surface area contributed by atoms with E-state index >= 15 is 0 Å². The average molecular weight is 338 g/mol. The molecule has 25 heavy (non-hydrogen) atoms. The standard InChI is InChI=1S/C18H18N4O3/c1-11-4-7-16(24-3)15(8-11)21-18(23)14-6-5-13(10-19-14)20-17-9-12(2)25-22-17/h4-10H,1-3H3,(H,20,22)(H,21,23). The summed E-state index contributed by atoms with van der Waals surface area (Å²) in [6, 6.07) is 10.7. The fourth-order valence-corrected chi connectivity index (χ4v) is 2.28. The number of carbonyl (C=O) groups excluding carboxylic acids is 1. The molecule has 1 amide bonds. The van der Waals surface area contributed by atoms with Gasteiger partial charge in [0.2, 0.25) is 0 Å². The number of aromatic nitrogens is 2. The first-order valence-electron chi connectivity index (χ1n) is 7.67. The molecule has 0 aliphatic carbocycles. The number of benzene rings is 1. The molecule has 0 spiro atoms. The number of hydrogen-bond donors (Lipinski definition) is 2. The van der Waals surface area contributed by atoms with E-state index in [1.54, 1.807) is 31.5 Å². The van der Waals surface area contributed by atoms with Crippen molar-refractivity contribution in [3.05, 3.63) is 59.6 Å². The van der Waals surface area contributed by atoms with Crippen LogP contribution in [0.3, 0.4) is 0 Å². The van der Waals surface area contributed by atoms with Crippen LogP contribution in [0.25, 0.3) is 0 Å². The number of nitrogens with one attached hydrogen (secondary N) is 2.